The number of rotatable bonds is 8. The van der Waals surface area contributed by atoms with Gasteiger partial charge in [0.1, 0.15) is 6.10 Å². The fourth-order valence-electron chi connectivity index (χ4n) is 4.39. The third-order valence-corrected chi connectivity index (χ3v) is 6.43. The topological polar surface area (TPSA) is 86.6 Å². The largest absolute Gasteiger partial charge is 0.392 e. The summed E-state index contributed by atoms with van der Waals surface area (Å²) in [7, 11) is 3.30. The Hall–Kier alpha value is -0.280. The van der Waals surface area contributed by atoms with E-state index in [1.54, 1.807) is 14.2 Å². The fraction of sp³-hybridized carbons (Fsp3) is 1.00. The first kappa shape index (κ1) is 23.0. The van der Waals surface area contributed by atoms with Crippen molar-refractivity contribution in [3.8, 4) is 0 Å². The van der Waals surface area contributed by atoms with Crippen molar-refractivity contribution >= 4 is 0 Å². The summed E-state index contributed by atoms with van der Waals surface area (Å²) < 4.78 is 28.3. The molecule has 2 heterocycles. The molecule has 0 aromatic heterocycles. The lowest BCUT2D eigenvalue weighted by atomic mass is 9.81. The zero-order valence-electron chi connectivity index (χ0n) is 17.5. The maximum Gasteiger partial charge on any atom is 0.107 e. The molecular weight excluding hydrogens is 352 g/mol. The van der Waals surface area contributed by atoms with Crippen molar-refractivity contribution in [3.05, 3.63) is 0 Å². The molecule has 160 valence electrons. The SMILES string of the molecule is COCC1OC(C)C(COCC2OC(C)C(COC)C(C)C2O)C(O)C1C. The van der Waals surface area contributed by atoms with E-state index in [4.69, 9.17) is 23.7 Å². The first-order valence-electron chi connectivity index (χ1n) is 10.0. The smallest absolute Gasteiger partial charge is 0.107 e. The molecule has 10 atom stereocenters. The second-order valence-electron chi connectivity index (χ2n) is 8.23. The molecule has 2 rings (SSSR count). The van der Waals surface area contributed by atoms with E-state index in [9.17, 15) is 10.2 Å². The van der Waals surface area contributed by atoms with Gasteiger partial charge in [-0.05, 0) is 19.8 Å². The van der Waals surface area contributed by atoms with Gasteiger partial charge in [-0.2, -0.15) is 0 Å². The van der Waals surface area contributed by atoms with Crippen LogP contribution in [0.1, 0.15) is 27.7 Å². The van der Waals surface area contributed by atoms with Crippen molar-refractivity contribution < 1.29 is 33.9 Å². The van der Waals surface area contributed by atoms with Gasteiger partial charge in [0.25, 0.3) is 0 Å². The third kappa shape index (κ3) is 5.41. The number of aliphatic hydroxyl groups excluding tert-OH is 2. The summed E-state index contributed by atoms with van der Waals surface area (Å²) in [6, 6.07) is 0. The molecule has 0 bridgehead atoms. The Labute approximate surface area is 163 Å². The Morgan fingerprint density at radius 1 is 0.667 bits per heavy atom. The van der Waals surface area contributed by atoms with E-state index in [0.29, 0.717) is 26.4 Å². The molecule has 10 unspecified atom stereocenters. The van der Waals surface area contributed by atoms with Gasteiger partial charge in [-0.15, -0.1) is 0 Å². The van der Waals surface area contributed by atoms with Crippen LogP contribution in [0.15, 0.2) is 0 Å². The van der Waals surface area contributed by atoms with Crippen molar-refractivity contribution in [2.24, 2.45) is 23.7 Å². The molecule has 2 N–H and O–H groups in total. The van der Waals surface area contributed by atoms with Gasteiger partial charge in [0.2, 0.25) is 0 Å². The van der Waals surface area contributed by atoms with Crippen molar-refractivity contribution in [2.75, 3.05) is 40.6 Å². The average Bonchev–Trinajstić information content (AvgIpc) is 2.63. The minimum absolute atomic E-state index is 0.00528. The molecule has 0 aliphatic carbocycles. The summed E-state index contributed by atoms with van der Waals surface area (Å²) in [5.41, 5.74) is 0. The molecule has 0 amide bonds. The molecule has 2 aliphatic heterocycles. The summed E-state index contributed by atoms with van der Waals surface area (Å²) in [6.07, 6.45) is -1.74. The van der Waals surface area contributed by atoms with Gasteiger partial charge in [-0.1, -0.05) is 13.8 Å². The maximum absolute atomic E-state index is 10.7. The number of ether oxygens (including phenoxy) is 5. The molecule has 2 saturated heterocycles. The van der Waals surface area contributed by atoms with Crippen LogP contribution in [-0.2, 0) is 23.7 Å². The summed E-state index contributed by atoms with van der Waals surface area (Å²) in [4.78, 5) is 0. The van der Waals surface area contributed by atoms with E-state index in [1.807, 2.05) is 27.7 Å². The summed E-state index contributed by atoms with van der Waals surface area (Å²) in [6.45, 7) is 9.66. The number of aliphatic hydroxyl groups is 2. The van der Waals surface area contributed by atoms with Gasteiger partial charge in [0.05, 0.1) is 56.9 Å². The Kier molecular flexibility index (Phi) is 8.93. The third-order valence-electron chi connectivity index (χ3n) is 6.43. The van der Waals surface area contributed by atoms with E-state index in [0.717, 1.165) is 0 Å². The van der Waals surface area contributed by atoms with Gasteiger partial charge in [0.15, 0.2) is 0 Å². The lowest BCUT2D eigenvalue weighted by Crippen LogP contribution is -2.53. The Morgan fingerprint density at radius 2 is 1.26 bits per heavy atom. The molecule has 7 nitrogen and oxygen atoms in total. The van der Waals surface area contributed by atoms with Crippen LogP contribution in [-0.4, -0.2) is 87.5 Å². The molecule has 0 saturated carbocycles. The van der Waals surface area contributed by atoms with Crippen LogP contribution >= 0.6 is 0 Å². The van der Waals surface area contributed by atoms with E-state index in [1.165, 1.54) is 0 Å². The van der Waals surface area contributed by atoms with Crippen LogP contribution in [0.2, 0.25) is 0 Å². The highest BCUT2D eigenvalue weighted by atomic mass is 16.6. The van der Waals surface area contributed by atoms with Crippen molar-refractivity contribution in [3.63, 3.8) is 0 Å². The van der Waals surface area contributed by atoms with Crippen molar-refractivity contribution in [1.29, 1.82) is 0 Å². The van der Waals surface area contributed by atoms with Crippen LogP contribution in [0.4, 0.5) is 0 Å². The monoisotopic (exact) mass is 390 g/mol. The highest BCUT2D eigenvalue weighted by Crippen LogP contribution is 2.33. The summed E-state index contributed by atoms with van der Waals surface area (Å²) in [5, 5.41) is 21.2. The van der Waals surface area contributed by atoms with E-state index in [-0.39, 0.29) is 48.1 Å². The predicted molar refractivity (Wildman–Crippen MR) is 101 cm³/mol. The van der Waals surface area contributed by atoms with Crippen LogP contribution in [0.25, 0.3) is 0 Å². The van der Waals surface area contributed by atoms with Crippen LogP contribution in [0.3, 0.4) is 0 Å². The molecular formula is C20H38O7. The molecule has 27 heavy (non-hydrogen) atoms. The molecule has 0 aromatic rings. The maximum atomic E-state index is 10.7. The number of methoxy groups -OCH3 is 2. The molecule has 0 radical (unpaired) electrons. The van der Waals surface area contributed by atoms with Gasteiger partial charge in [-0.25, -0.2) is 0 Å². The van der Waals surface area contributed by atoms with Gasteiger partial charge >= 0.3 is 0 Å². The second kappa shape index (κ2) is 10.5. The standard InChI is InChI=1S/C20H38O7/c1-11-15(7-23-5)13(3)27-18(20(11)22)10-25-8-16-14(4)26-17(9-24-6)12(2)19(16)21/h11-22H,7-10H2,1-6H3. The van der Waals surface area contributed by atoms with Gasteiger partial charge in [0, 0.05) is 32.0 Å². The first-order valence-corrected chi connectivity index (χ1v) is 10.0. The van der Waals surface area contributed by atoms with E-state index < -0.39 is 12.2 Å². The summed E-state index contributed by atoms with van der Waals surface area (Å²) >= 11 is 0. The van der Waals surface area contributed by atoms with E-state index in [2.05, 4.69) is 0 Å². The quantitative estimate of drug-likeness (QED) is 0.642. The summed E-state index contributed by atoms with van der Waals surface area (Å²) in [5.74, 6) is 0.0825. The highest BCUT2D eigenvalue weighted by molar-refractivity contribution is 4.90. The van der Waals surface area contributed by atoms with Crippen molar-refractivity contribution in [2.45, 2.75) is 64.3 Å². The van der Waals surface area contributed by atoms with Crippen LogP contribution in [0, 0.1) is 23.7 Å². The van der Waals surface area contributed by atoms with Crippen LogP contribution < -0.4 is 0 Å². The lowest BCUT2D eigenvalue weighted by molar-refractivity contribution is -0.208. The van der Waals surface area contributed by atoms with Gasteiger partial charge < -0.3 is 33.9 Å². The Balaban J connectivity index is 1.85. The van der Waals surface area contributed by atoms with Crippen LogP contribution in [0.5, 0.6) is 0 Å². The average molecular weight is 391 g/mol. The van der Waals surface area contributed by atoms with Crippen molar-refractivity contribution in [1.82, 2.24) is 0 Å². The number of hydrogen-bond donors (Lipinski definition) is 2. The minimum atomic E-state index is -0.601. The zero-order valence-corrected chi connectivity index (χ0v) is 17.5. The predicted octanol–water partition coefficient (Wildman–Crippen LogP) is 1.10. The fourth-order valence-corrected chi connectivity index (χ4v) is 4.39. The first-order chi connectivity index (χ1) is 12.8. The molecule has 2 aliphatic rings. The van der Waals surface area contributed by atoms with Gasteiger partial charge in [-0.3, -0.25) is 0 Å². The Morgan fingerprint density at radius 3 is 1.89 bits per heavy atom. The van der Waals surface area contributed by atoms with E-state index >= 15 is 0 Å². The zero-order chi connectivity index (χ0) is 20.1. The number of hydrogen-bond acceptors (Lipinski definition) is 7. The lowest BCUT2D eigenvalue weighted by Gasteiger charge is -2.44. The second-order valence-corrected chi connectivity index (χ2v) is 8.23. The molecule has 0 spiro atoms. The highest BCUT2D eigenvalue weighted by Gasteiger charge is 2.43. The molecule has 0 aromatic carbocycles. The molecule has 7 heteroatoms. The minimum Gasteiger partial charge on any atom is -0.392 e. The Bertz CT molecular complexity index is 435. The normalized spacial score (nSPS) is 45.8. The molecule has 2 fully saturated rings.